The molecule has 0 spiro atoms. The lowest BCUT2D eigenvalue weighted by molar-refractivity contribution is 0.0946. The third kappa shape index (κ3) is 3.51. The van der Waals surface area contributed by atoms with Crippen LogP contribution < -0.4 is 5.32 Å². The molecular weight excluding hydrogens is 272 g/mol. The number of carbonyl (C=O) groups excluding carboxylic acids is 1. The summed E-state index contributed by atoms with van der Waals surface area (Å²) in [6, 6.07) is 9.65. The number of nitrogens with one attached hydrogen (secondary N) is 1. The van der Waals surface area contributed by atoms with E-state index in [1.165, 1.54) is 0 Å². The average Bonchev–Trinajstić information content (AvgIpc) is 2.39. The molecule has 0 fully saturated rings. The van der Waals surface area contributed by atoms with Crippen LogP contribution in [0.1, 0.15) is 15.9 Å². The Morgan fingerprint density at radius 3 is 2.68 bits per heavy atom. The lowest BCUT2D eigenvalue weighted by atomic mass is 10.1. The first-order chi connectivity index (χ1) is 9.06. The zero-order valence-electron chi connectivity index (χ0n) is 9.79. The van der Waals surface area contributed by atoms with Gasteiger partial charge in [-0.1, -0.05) is 23.7 Å². The number of benzene rings is 2. The van der Waals surface area contributed by atoms with Crippen molar-refractivity contribution in [3.8, 4) is 0 Å². The molecule has 0 saturated heterocycles. The van der Waals surface area contributed by atoms with Crippen molar-refractivity contribution in [3.05, 3.63) is 70.2 Å². The molecule has 19 heavy (non-hydrogen) atoms. The Bertz CT molecular complexity index is 616. The first kappa shape index (κ1) is 13.5. The summed E-state index contributed by atoms with van der Waals surface area (Å²) in [6.45, 7) is 0.190. The standard InChI is InChI=1S/C14H10ClF2NO/c15-10-3-1-2-9(6-10)8-18-14(19)12-7-11(16)4-5-13(12)17/h1-7H,8H2,(H,18,19). The number of amides is 1. The number of hydrogen-bond donors (Lipinski definition) is 1. The van der Waals surface area contributed by atoms with Gasteiger partial charge in [0.15, 0.2) is 0 Å². The van der Waals surface area contributed by atoms with Crippen LogP contribution in [0.5, 0.6) is 0 Å². The Morgan fingerprint density at radius 2 is 1.95 bits per heavy atom. The van der Waals surface area contributed by atoms with Gasteiger partial charge in [0.05, 0.1) is 5.56 Å². The molecule has 2 aromatic rings. The molecule has 5 heteroatoms. The molecule has 2 nitrogen and oxygen atoms in total. The van der Waals surface area contributed by atoms with Gasteiger partial charge >= 0.3 is 0 Å². The molecule has 98 valence electrons. The summed E-state index contributed by atoms with van der Waals surface area (Å²) in [5.41, 5.74) is 0.458. The Kier molecular flexibility index (Phi) is 4.12. The second-order valence-corrected chi connectivity index (χ2v) is 4.37. The normalized spacial score (nSPS) is 10.3. The van der Waals surface area contributed by atoms with Crippen LogP contribution >= 0.6 is 11.6 Å². The van der Waals surface area contributed by atoms with Crippen molar-refractivity contribution in [2.24, 2.45) is 0 Å². The Hall–Kier alpha value is -1.94. The van der Waals surface area contributed by atoms with Crippen molar-refractivity contribution in [1.82, 2.24) is 5.32 Å². The van der Waals surface area contributed by atoms with Crippen molar-refractivity contribution in [2.45, 2.75) is 6.54 Å². The Balaban J connectivity index is 2.07. The van der Waals surface area contributed by atoms with Gasteiger partial charge in [0.25, 0.3) is 5.91 Å². The molecule has 0 heterocycles. The molecule has 0 aliphatic heterocycles. The van der Waals surface area contributed by atoms with Crippen LogP contribution in [0.4, 0.5) is 8.78 Å². The zero-order valence-corrected chi connectivity index (χ0v) is 10.5. The summed E-state index contributed by atoms with van der Waals surface area (Å²) in [5.74, 6) is -2.09. The topological polar surface area (TPSA) is 29.1 Å². The fourth-order valence-electron chi connectivity index (χ4n) is 1.60. The van der Waals surface area contributed by atoms with Crippen LogP contribution in [-0.2, 0) is 6.54 Å². The van der Waals surface area contributed by atoms with Crippen molar-refractivity contribution in [1.29, 1.82) is 0 Å². The summed E-state index contributed by atoms with van der Waals surface area (Å²) < 4.78 is 26.3. The van der Waals surface area contributed by atoms with E-state index in [0.29, 0.717) is 5.02 Å². The van der Waals surface area contributed by atoms with E-state index in [1.54, 1.807) is 24.3 Å². The third-order valence-electron chi connectivity index (χ3n) is 2.52. The van der Waals surface area contributed by atoms with Gasteiger partial charge in [0.2, 0.25) is 0 Å². The second kappa shape index (κ2) is 5.80. The van der Waals surface area contributed by atoms with E-state index in [2.05, 4.69) is 5.32 Å². The van der Waals surface area contributed by atoms with Crippen LogP contribution in [0.25, 0.3) is 0 Å². The Labute approximate surface area is 114 Å². The lowest BCUT2D eigenvalue weighted by Crippen LogP contribution is -2.24. The molecule has 0 atom stereocenters. The summed E-state index contributed by atoms with van der Waals surface area (Å²) in [5, 5.41) is 3.05. The van der Waals surface area contributed by atoms with E-state index in [0.717, 1.165) is 23.8 Å². The van der Waals surface area contributed by atoms with E-state index in [-0.39, 0.29) is 12.1 Å². The molecule has 0 bridgehead atoms. The van der Waals surface area contributed by atoms with Gasteiger partial charge in [-0.15, -0.1) is 0 Å². The molecule has 1 N–H and O–H groups in total. The smallest absolute Gasteiger partial charge is 0.254 e. The molecule has 2 aromatic carbocycles. The van der Waals surface area contributed by atoms with Gasteiger partial charge in [-0.2, -0.15) is 0 Å². The molecular formula is C14H10ClF2NO. The highest BCUT2D eigenvalue weighted by Gasteiger charge is 2.12. The van der Waals surface area contributed by atoms with Gasteiger partial charge in [0, 0.05) is 11.6 Å². The van der Waals surface area contributed by atoms with Crippen LogP contribution in [0.2, 0.25) is 5.02 Å². The lowest BCUT2D eigenvalue weighted by Gasteiger charge is -2.06. The molecule has 0 aromatic heterocycles. The van der Waals surface area contributed by atoms with E-state index in [1.807, 2.05) is 0 Å². The van der Waals surface area contributed by atoms with Crippen molar-refractivity contribution >= 4 is 17.5 Å². The molecule has 0 unspecified atom stereocenters. The SMILES string of the molecule is O=C(NCc1cccc(Cl)c1)c1cc(F)ccc1F. The van der Waals surface area contributed by atoms with E-state index in [9.17, 15) is 13.6 Å². The first-order valence-electron chi connectivity index (χ1n) is 5.54. The van der Waals surface area contributed by atoms with Gasteiger partial charge in [0.1, 0.15) is 11.6 Å². The van der Waals surface area contributed by atoms with Gasteiger partial charge in [-0.05, 0) is 35.9 Å². The Morgan fingerprint density at radius 1 is 1.16 bits per heavy atom. The molecule has 1 amide bonds. The highest BCUT2D eigenvalue weighted by atomic mass is 35.5. The molecule has 0 radical (unpaired) electrons. The number of hydrogen-bond acceptors (Lipinski definition) is 1. The van der Waals surface area contributed by atoms with Crippen LogP contribution in [0, 0.1) is 11.6 Å². The minimum atomic E-state index is -0.759. The van der Waals surface area contributed by atoms with E-state index in [4.69, 9.17) is 11.6 Å². The number of rotatable bonds is 3. The molecule has 2 rings (SSSR count). The fraction of sp³-hybridized carbons (Fsp3) is 0.0714. The third-order valence-corrected chi connectivity index (χ3v) is 2.75. The highest BCUT2D eigenvalue weighted by molar-refractivity contribution is 6.30. The fourth-order valence-corrected chi connectivity index (χ4v) is 1.81. The van der Waals surface area contributed by atoms with Gasteiger partial charge < -0.3 is 5.32 Å². The van der Waals surface area contributed by atoms with Crippen molar-refractivity contribution in [3.63, 3.8) is 0 Å². The van der Waals surface area contributed by atoms with Crippen LogP contribution in [-0.4, -0.2) is 5.91 Å². The quantitative estimate of drug-likeness (QED) is 0.916. The van der Waals surface area contributed by atoms with E-state index < -0.39 is 17.5 Å². The summed E-state index contributed by atoms with van der Waals surface area (Å²) in [4.78, 5) is 11.7. The van der Waals surface area contributed by atoms with Crippen molar-refractivity contribution in [2.75, 3.05) is 0 Å². The second-order valence-electron chi connectivity index (χ2n) is 3.94. The number of carbonyl (C=O) groups is 1. The molecule has 0 aliphatic carbocycles. The predicted molar refractivity (Wildman–Crippen MR) is 69.0 cm³/mol. The van der Waals surface area contributed by atoms with Crippen LogP contribution in [0.15, 0.2) is 42.5 Å². The largest absolute Gasteiger partial charge is 0.348 e. The van der Waals surface area contributed by atoms with E-state index >= 15 is 0 Å². The molecule has 0 aliphatic rings. The van der Waals surface area contributed by atoms with Crippen molar-refractivity contribution < 1.29 is 13.6 Å². The van der Waals surface area contributed by atoms with Crippen LogP contribution in [0.3, 0.4) is 0 Å². The first-order valence-corrected chi connectivity index (χ1v) is 5.92. The van der Waals surface area contributed by atoms with Gasteiger partial charge in [-0.3, -0.25) is 4.79 Å². The predicted octanol–water partition coefficient (Wildman–Crippen LogP) is 3.55. The average molecular weight is 282 g/mol. The molecule has 0 saturated carbocycles. The maximum absolute atomic E-state index is 13.4. The summed E-state index contributed by atoms with van der Waals surface area (Å²) >= 11 is 5.80. The number of halogens is 3. The summed E-state index contributed by atoms with van der Waals surface area (Å²) in [6.07, 6.45) is 0. The summed E-state index contributed by atoms with van der Waals surface area (Å²) in [7, 11) is 0. The maximum atomic E-state index is 13.4. The highest BCUT2D eigenvalue weighted by Crippen LogP contribution is 2.12. The minimum absolute atomic E-state index is 0.190. The zero-order chi connectivity index (χ0) is 13.8. The maximum Gasteiger partial charge on any atom is 0.254 e. The van der Waals surface area contributed by atoms with Gasteiger partial charge in [-0.25, -0.2) is 8.78 Å². The minimum Gasteiger partial charge on any atom is -0.348 e. The monoisotopic (exact) mass is 281 g/mol.